The number of hydrogen-bond donors (Lipinski definition) is 1. The van der Waals surface area contributed by atoms with Gasteiger partial charge in [0.25, 0.3) is 0 Å². The number of aliphatic hydroxyl groups is 1. The van der Waals surface area contributed by atoms with Gasteiger partial charge in [0, 0.05) is 32.2 Å². The number of rotatable bonds is 4. The molecule has 20 heavy (non-hydrogen) atoms. The molecule has 0 unspecified atom stereocenters. The summed E-state index contributed by atoms with van der Waals surface area (Å²) in [6, 6.07) is 8.47. The number of likely N-dealkylation sites (N-methyl/N-ethyl adjacent to an activating group) is 1. The van der Waals surface area contributed by atoms with Gasteiger partial charge in [-0.3, -0.25) is 9.80 Å². The zero-order valence-electron chi connectivity index (χ0n) is 12.2. The van der Waals surface area contributed by atoms with Crippen molar-refractivity contribution < 1.29 is 9.84 Å². The molecule has 4 heteroatoms. The Hall–Kier alpha value is -0.940. The number of nitrogens with zero attached hydrogens (tertiary/aromatic N) is 2. The van der Waals surface area contributed by atoms with E-state index in [4.69, 9.17) is 4.74 Å². The van der Waals surface area contributed by atoms with E-state index in [9.17, 15) is 5.11 Å². The summed E-state index contributed by atoms with van der Waals surface area (Å²) in [6.45, 7) is 5.81. The molecule has 3 rings (SSSR count). The number of fused-ring (bicyclic) bond motifs is 1. The van der Waals surface area contributed by atoms with Crippen molar-refractivity contribution in [3.05, 3.63) is 35.4 Å². The first-order valence-corrected chi connectivity index (χ1v) is 7.52. The van der Waals surface area contributed by atoms with E-state index in [0.717, 1.165) is 51.4 Å². The molecular formula is C16H24N2O2. The van der Waals surface area contributed by atoms with Crippen LogP contribution in [0.1, 0.15) is 17.2 Å². The first-order chi connectivity index (χ1) is 9.75. The summed E-state index contributed by atoms with van der Waals surface area (Å²) in [5.41, 5.74) is 2.40. The molecule has 2 atom stereocenters. The molecule has 1 aromatic rings. The number of aliphatic hydroxyl groups excluding tert-OH is 1. The van der Waals surface area contributed by atoms with E-state index in [-0.39, 0.29) is 12.1 Å². The molecule has 1 aromatic carbocycles. The van der Waals surface area contributed by atoms with E-state index in [1.807, 2.05) is 6.07 Å². The first-order valence-electron chi connectivity index (χ1n) is 7.52. The summed E-state index contributed by atoms with van der Waals surface area (Å²) < 4.78 is 5.37. The molecule has 1 aliphatic carbocycles. The molecule has 1 heterocycles. The predicted molar refractivity (Wildman–Crippen MR) is 78.8 cm³/mol. The minimum atomic E-state index is -0.346. The Balaban J connectivity index is 1.54. The van der Waals surface area contributed by atoms with Gasteiger partial charge in [-0.1, -0.05) is 24.3 Å². The molecule has 2 aliphatic rings. The van der Waals surface area contributed by atoms with Gasteiger partial charge < -0.3 is 9.84 Å². The van der Waals surface area contributed by atoms with Crippen molar-refractivity contribution in [2.75, 3.05) is 46.4 Å². The van der Waals surface area contributed by atoms with Crippen LogP contribution >= 0.6 is 0 Å². The van der Waals surface area contributed by atoms with E-state index in [1.54, 1.807) is 0 Å². The molecule has 1 N–H and O–H groups in total. The minimum absolute atomic E-state index is 0.216. The van der Waals surface area contributed by atoms with Gasteiger partial charge in [-0.15, -0.1) is 0 Å². The summed E-state index contributed by atoms with van der Waals surface area (Å²) in [5, 5.41) is 10.5. The summed E-state index contributed by atoms with van der Waals surface area (Å²) in [6.07, 6.45) is 0.609. The van der Waals surface area contributed by atoms with Crippen molar-refractivity contribution in [3.8, 4) is 0 Å². The van der Waals surface area contributed by atoms with Crippen LogP contribution in [-0.4, -0.2) is 67.4 Å². The quantitative estimate of drug-likeness (QED) is 0.887. The summed E-state index contributed by atoms with van der Waals surface area (Å²) in [4.78, 5) is 4.74. The second kappa shape index (κ2) is 6.22. The standard InChI is InChI=1S/C16H24N2O2/c1-17(6-7-18-8-10-20-11-9-18)15-12-13-4-2-3-5-14(13)16(15)19/h2-5,15-16,19H,6-12H2,1H3/t15-,16-/m1/s1. The van der Waals surface area contributed by atoms with Gasteiger partial charge in [-0.25, -0.2) is 0 Å². The zero-order chi connectivity index (χ0) is 13.9. The fourth-order valence-electron chi connectivity index (χ4n) is 3.24. The first kappa shape index (κ1) is 14.0. The van der Waals surface area contributed by atoms with Gasteiger partial charge in [0.2, 0.25) is 0 Å². The highest BCUT2D eigenvalue weighted by atomic mass is 16.5. The number of hydrogen-bond acceptors (Lipinski definition) is 4. The third kappa shape index (κ3) is 2.88. The van der Waals surface area contributed by atoms with Crippen LogP contribution < -0.4 is 0 Å². The zero-order valence-corrected chi connectivity index (χ0v) is 12.2. The predicted octanol–water partition coefficient (Wildman–Crippen LogP) is 0.909. The Kier molecular flexibility index (Phi) is 4.36. The fraction of sp³-hybridized carbons (Fsp3) is 0.625. The monoisotopic (exact) mass is 276 g/mol. The second-order valence-electron chi connectivity index (χ2n) is 5.85. The highest BCUT2D eigenvalue weighted by molar-refractivity contribution is 5.35. The van der Waals surface area contributed by atoms with Crippen LogP contribution in [0.5, 0.6) is 0 Å². The lowest BCUT2D eigenvalue weighted by molar-refractivity contribution is 0.0251. The molecule has 0 bridgehead atoms. The number of benzene rings is 1. The maximum absolute atomic E-state index is 10.5. The Labute approximate surface area is 120 Å². The van der Waals surface area contributed by atoms with Crippen molar-refractivity contribution in [1.29, 1.82) is 0 Å². The Morgan fingerprint density at radius 1 is 1.30 bits per heavy atom. The van der Waals surface area contributed by atoms with E-state index < -0.39 is 0 Å². The molecule has 1 aliphatic heterocycles. The van der Waals surface area contributed by atoms with Gasteiger partial charge in [0.05, 0.1) is 19.3 Å². The highest BCUT2D eigenvalue weighted by Gasteiger charge is 2.33. The van der Waals surface area contributed by atoms with Crippen LogP contribution in [-0.2, 0) is 11.2 Å². The van der Waals surface area contributed by atoms with Gasteiger partial charge >= 0.3 is 0 Å². The van der Waals surface area contributed by atoms with Crippen LogP contribution in [0.25, 0.3) is 0 Å². The molecule has 0 aromatic heterocycles. The molecule has 1 fully saturated rings. The maximum Gasteiger partial charge on any atom is 0.0950 e. The number of morpholine rings is 1. The Bertz CT molecular complexity index is 446. The lowest BCUT2D eigenvalue weighted by atomic mass is 10.1. The summed E-state index contributed by atoms with van der Waals surface area (Å²) in [5.74, 6) is 0. The van der Waals surface area contributed by atoms with Crippen molar-refractivity contribution in [3.63, 3.8) is 0 Å². The lowest BCUT2D eigenvalue weighted by Gasteiger charge is -2.32. The van der Waals surface area contributed by atoms with E-state index >= 15 is 0 Å². The van der Waals surface area contributed by atoms with Gasteiger partial charge in [0.1, 0.15) is 0 Å². The fourth-order valence-corrected chi connectivity index (χ4v) is 3.24. The average molecular weight is 276 g/mol. The maximum atomic E-state index is 10.5. The highest BCUT2D eigenvalue weighted by Crippen LogP contribution is 2.33. The molecular weight excluding hydrogens is 252 g/mol. The van der Waals surface area contributed by atoms with Crippen LogP contribution in [0.3, 0.4) is 0 Å². The van der Waals surface area contributed by atoms with E-state index in [0.29, 0.717) is 0 Å². The lowest BCUT2D eigenvalue weighted by Crippen LogP contribution is -2.44. The van der Waals surface area contributed by atoms with Crippen LogP contribution in [0, 0.1) is 0 Å². The van der Waals surface area contributed by atoms with Crippen LogP contribution in [0.2, 0.25) is 0 Å². The molecule has 0 radical (unpaired) electrons. The average Bonchev–Trinajstić information content (AvgIpc) is 2.84. The third-order valence-corrected chi connectivity index (χ3v) is 4.61. The van der Waals surface area contributed by atoms with Gasteiger partial charge in [-0.2, -0.15) is 0 Å². The molecule has 0 saturated carbocycles. The molecule has 4 nitrogen and oxygen atoms in total. The van der Waals surface area contributed by atoms with Gasteiger partial charge in [-0.05, 0) is 24.6 Å². The summed E-state index contributed by atoms with van der Waals surface area (Å²) in [7, 11) is 2.13. The van der Waals surface area contributed by atoms with Crippen molar-refractivity contribution in [2.24, 2.45) is 0 Å². The van der Waals surface area contributed by atoms with Crippen LogP contribution in [0.15, 0.2) is 24.3 Å². The SMILES string of the molecule is CN(CCN1CCOCC1)[C@@H]1Cc2ccccc2[C@H]1O. The molecule has 0 amide bonds. The third-order valence-electron chi connectivity index (χ3n) is 4.61. The Morgan fingerprint density at radius 3 is 2.80 bits per heavy atom. The largest absolute Gasteiger partial charge is 0.387 e. The van der Waals surface area contributed by atoms with Crippen LogP contribution in [0.4, 0.5) is 0 Å². The van der Waals surface area contributed by atoms with Gasteiger partial charge in [0.15, 0.2) is 0 Å². The minimum Gasteiger partial charge on any atom is -0.387 e. The van der Waals surface area contributed by atoms with Crippen molar-refractivity contribution in [1.82, 2.24) is 9.80 Å². The second-order valence-corrected chi connectivity index (χ2v) is 5.85. The molecule has 0 spiro atoms. The molecule has 110 valence electrons. The summed E-state index contributed by atoms with van der Waals surface area (Å²) >= 11 is 0. The normalized spacial score (nSPS) is 26.9. The topological polar surface area (TPSA) is 35.9 Å². The van der Waals surface area contributed by atoms with E-state index in [1.165, 1.54) is 5.56 Å². The van der Waals surface area contributed by atoms with Crippen molar-refractivity contribution >= 4 is 0 Å². The molecule has 1 saturated heterocycles. The number of ether oxygens (including phenoxy) is 1. The van der Waals surface area contributed by atoms with Crippen molar-refractivity contribution in [2.45, 2.75) is 18.6 Å². The van der Waals surface area contributed by atoms with E-state index in [2.05, 4.69) is 35.0 Å². The Morgan fingerprint density at radius 2 is 2.05 bits per heavy atom. The smallest absolute Gasteiger partial charge is 0.0950 e.